The van der Waals surface area contributed by atoms with E-state index in [0.29, 0.717) is 11.1 Å². The number of halogens is 3. The van der Waals surface area contributed by atoms with Crippen LogP contribution >= 0.6 is 0 Å². The van der Waals surface area contributed by atoms with Crippen molar-refractivity contribution in [1.82, 2.24) is 0 Å². The van der Waals surface area contributed by atoms with E-state index in [1.54, 1.807) is 54.6 Å². The lowest BCUT2D eigenvalue weighted by Gasteiger charge is -2.03. The molecule has 0 fully saturated rings. The lowest BCUT2D eigenvalue weighted by atomic mass is 10.2. The molecule has 0 saturated heterocycles. The van der Waals surface area contributed by atoms with Crippen LogP contribution in [0.2, 0.25) is 0 Å². The Labute approximate surface area is 127 Å². The summed E-state index contributed by atoms with van der Waals surface area (Å²) in [7, 11) is 0. The molecule has 0 aliphatic heterocycles. The van der Waals surface area contributed by atoms with E-state index in [2.05, 4.69) is 23.7 Å². The van der Waals surface area contributed by atoms with Crippen molar-refractivity contribution in [3.05, 3.63) is 83.4 Å². The minimum absolute atomic E-state index is 0.522. The molecule has 0 heterocycles. The molecule has 0 aromatic heterocycles. The van der Waals surface area contributed by atoms with Crippen LogP contribution in [0.5, 0.6) is 0 Å². The number of hydrogen-bond acceptors (Lipinski definition) is 0. The Morgan fingerprint density at radius 3 is 1.77 bits per heavy atom. The Bertz CT molecular complexity index is 762. The van der Waals surface area contributed by atoms with E-state index >= 15 is 0 Å². The van der Waals surface area contributed by atoms with Gasteiger partial charge in [0.1, 0.15) is 5.57 Å². The molecular weight excluding hydrogens is 285 g/mol. The standard InChI is InChI=1S/C19H11F3/c20-19(21,22)18(15-14-17-10-5-2-6-11-17)13-7-12-16-8-3-1-4-9-16/h1-6,8-11,13H/b18-13+. The Balaban J connectivity index is 2.27. The van der Waals surface area contributed by atoms with Crippen molar-refractivity contribution in [1.29, 1.82) is 0 Å². The molecule has 22 heavy (non-hydrogen) atoms. The predicted molar refractivity (Wildman–Crippen MR) is 80.8 cm³/mol. The van der Waals surface area contributed by atoms with Crippen LogP contribution in [0.25, 0.3) is 0 Å². The van der Waals surface area contributed by atoms with E-state index in [1.165, 1.54) is 0 Å². The molecular formula is C19H11F3. The Hall–Kier alpha value is -2.91. The maximum absolute atomic E-state index is 12.9. The molecule has 0 amide bonds. The van der Waals surface area contributed by atoms with Crippen molar-refractivity contribution >= 4 is 0 Å². The second-order valence-corrected chi connectivity index (χ2v) is 4.31. The zero-order chi connectivity index (χ0) is 15.8. The topological polar surface area (TPSA) is 0 Å². The summed E-state index contributed by atoms with van der Waals surface area (Å²) in [5.41, 5.74) is 0.213. The third kappa shape index (κ3) is 4.89. The monoisotopic (exact) mass is 296 g/mol. The van der Waals surface area contributed by atoms with Crippen LogP contribution < -0.4 is 0 Å². The number of rotatable bonds is 0. The summed E-state index contributed by atoms with van der Waals surface area (Å²) in [6.45, 7) is 0. The molecule has 2 aromatic carbocycles. The molecule has 0 radical (unpaired) electrons. The third-order valence-corrected chi connectivity index (χ3v) is 2.63. The van der Waals surface area contributed by atoms with Gasteiger partial charge in [-0.1, -0.05) is 60.1 Å². The zero-order valence-electron chi connectivity index (χ0n) is 11.5. The first kappa shape index (κ1) is 15.5. The number of allylic oxidation sites excluding steroid dienone is 2. The van der Waals surface area contributed by atoms with E-state index in [1.807, 2.05) is 6.07 Å². The molecule has 3 heteroatoms. The normalized spacial score (nSPS) is 11.0. The van der Waals surface area contributed by atoms with E-state index in [0.717, 1.165) is 6.08 Å². The van der Waals surface area contributed by atoms with Gasteiger partial charge >= 0.3 is 6.18 Å². The largest absolute Gasteiger partial charge is 0.424 e. The van der Waals surface area contributed by atoms with Crippen LogP contribution in [0, 0.1) is 23.7 Å². The summed E-state index contributed by atoms with van der Waals surface area (Å²) < 4.78 is 38.7. The molecule has 2 rings (SSSR count). The fourth-order valence-electron chi connectivity index (χ4n) is 1.56. The highest BCUT2D eigenvalue weighted by atomic mass is 19.4. The maximum Gasteiger partial charge on any atom is 0.424 e. The van der Waals surface area contributed by atoms with Crippen LogP contribution in [-0.2, 0) is 0 Å². The third-order valence-electron chi connectivity index (χ3n) is 2.63. The van der Waals surface area contributed by atoms with Gasteiger partial charge in [0.15, 0.2) is 0 Å². The molecule has 0 saturated carbocycles. The number of benzene rings is 2. The fraction of sp³-hybridized carbons (Fsp3) is 0.0526. The highest BCUT2D eigenvalue weighted by molar-refractivity contribution is 5.46. The van der Waals surface area contributed by atoms with Crippen LogP contribution in [-0.4, -0.2) is 6.18 Å². The van der Waals surface area contributed by atoms with Gasteiger partial charge in [-0.3, -0.25) is 0 Å². The van der Waals surface area contributed by atoms with Gasteiger partial charge in [0.25, 0.3) is 0 Å². The summed E-state index contributed by atoms with van der Waals surface area (Å²) >= 11 is 0. The van der Waals surface area contributed by atoms with Gasteiger partial charge in [0, 0.05) is 17.2 Å². The molecule has 0 N–H and O–H groups in total. The first-order valence-corrected chi connectivity index (χ1v) is 6.47. The van der Waals surface area contributed by atoms with E-state index in [-0.39, 0.29) is 0 Å². The van der Waals surface area contributed by atoms with Crippen molar-refractivity contribution in [3.63, 3.8) is 0 Å². The van der Waals surface area contributed by atoms with Crippen LogP contribution in [0.15, 0.2) is 72.3 Å². The quantitative estimate of drug-likeness (QED) is 0.624. The summed E-state index contributed by atoms with van der Waals surface area (Å²) in [4.78, 5) is 0. The van der Waals surface area contributed by atoms with Crippen LogP contribution in [0.1, 0.15) is 11.1 Å². The predicted octanol–water partition coefficient (Wildman–Crippen LogP) is 4.58. The lowest BCUT2D eigenvalue weighted by molar-refractivity contribution is -0.0871. The van der Waals surface area contributed by atoms with Gasteiger partial charge < -0.3 is 0 Å². The SMILES string of the molecule is FC(F)(F)/C(C#Cc1ccccc1)=C/C#Cc1ccccc1. The van der Waals surface area contributed by atoms with Gasteiger partial charge in [-0.2, -0.15) is 13.2 Å². The van der Waals surface area contributed by atoms with E-state index in [9.17, 15) is 13.2 Å². The fourth-order valence-corrected chi connectivity index (χ4v) is 1.56. The van der Waals surface area contributed by atoms with Crippen LogP contribution in [0.3, 0.4) is 0 Å². The van der Waals surface area contributed by atoms with Crippen molar-refractivity contribution in [2.75, 3.05) is 0 Å². The second-order valence-electron chi connectivity index (χ2n) is 4.31. The average molecular weight is 296 g/mol. The van der Waals surface area contributed by atoms with Crippen LogP contribution in [0.4, 0.5) is 13.2 Å². The van der Waals surface area contributed by atoms with Crippen molar-refractivity contribution in [2.45, 2.75) is 6.18 Å². The first-order valence-electron chi connectivity index (χ1n) is 6.47. The van der Waals surface area contributed by atoms with Gasteiger partial charge in [0.05, 0.1) is 0 Å². The molecule has 0 aliphatic rings. The Kier molecular flexibility index (Phi) is 5.07. The molecule has 0 bridgehead atoms. The van der Waals surface area contributed by atoms with Gasteiger partial charge in [-0.25, -0.2) is 0 Å². The lowest BCUT2D eigenvalue weighted by Crippen LogP contribution is -2.10. The van der Waals surface area contributed by atoms with Crippen molar-refractivity contribution in [3.8, 4) is 23.7 Å². The zero-order valence-corrected chi connectivity index (χ0v) is 11.5. The van der Waals surface area contributed by atoms with Crippen molar-refractivity contribution < 1.29 is 13.2 Å². The Morgan fingerprint density at radius 2 is 1.27 bits per heavy atom. The van der Waals surface area contributed by atoms with Gasteiger partial charge in [-0.15, -0.1) is 0 Å². The minimum Gasteiger partial charge on any atom is -0.165 e. The van der Waals surface area contributed by atoms with Crippen molar-refractivity contribution in [2.24, 2.45) is 0 Å². The second kappa shape index (κ2) is 7.20. The molecule has 0 unspecified atom stereocenters. The van der Waals surface area contributed by atoms with Gasteiger partial charge in [-0.05, 0) is 24.3 Å². The molecule has 0 aliphatic carbocycles. The maximum atomic E-state index is 12.9. The Morgan fingerprint density at radius 1 is 0.773 bits per heavy atom. The van der Waals surface area contributed by atoms with Gasteiger partial charge in [0.2, 0.25) is 0 Å². The molecule has 108 valence electrons. The van der Waals surface area contributed by atoms with E-state index < -0.39 is 11.7 Å². The highest BCUT2D eigenvalue weighted by Gasteiger charge is 2.32. The average Bonchev–Trinajstić information content (AvgIpc) is 2.51. The number of alkyl halides is 3. The summed E-state index contributed by atoms with van der Waals surface area (Å²) in [5.74, 6) is 9.70. The summed E-state index contributed by atoms with van der Waals surface area (Å²) in [5, 5.41) is 0. The molecule has 0 spiro atoms. The highest BCUT2D eigenvalue weighted by Crippen LogP contribution is 2.24. The molecule has 0 nitrogen and oxygen atoms in total. The molecule has 0 atom stereocenters. The summed E-state index contributed by atoms with van der Waals surface area (Å²) in [6.07, 6.45) is -3.71. The minimum atomic E-state index is -4.52. The van der Waals surface area contributed by atoms with E-state index in [4.69, 9.17) is 0 Å². The summed E-state index contributed by atoms with van der Waals surface area (Å²) in [6, 6.07) is 17.3. The smallest absolute Gasteiger partial charge is 0.165 e. The number of hydrogen-bond donors (Lipinski definition) is 0. The molecule has 2 aromatic rings. The first-order chi connectivity index (χ1) is 10.6.